The van der Waals surface area contributed by atoms with E-state index in [-0.39, 0.29) is 17.1 Å². The first-order chi connectivity index (χ1) is 10.1. The van der Waals surface area contributed by atoms with Gasteiger partial charge in [0.05, 0.1) is 10.8 Å². The Labute approximate surface area is 133 Å². The molecule has 2 aliphatic rings. The van der Waals surface area contributed by atoms with E-state index in [9.17, 15) is 4.79 Å². The van der Waals surface area contributed by atoms with Crippen LogP contribution in [0.1, 0.15) is 33.8 Å². The van der Waals surface area contributed by atoms with E-state index < -0.39 is 5.41 Å². The molecule has 2 aliphatic carbocycles. The lowest BCUT2D eigenvalue weighted by atomic mass is 9.78. The van der Waals surface area contributed by atoms with E-state index in [2.05, 4.69) is 0 Å². The van der Waals surface area contributed by atoms with Gasteiger partial charge in [0.15, 0.2) is 5.78 Å². The molecular weight excluding hydrogens is 303 g/mol. The largest absolute Gasteiger partial charge is 0.293 e. The fourth-order valence-corrected chi connectivity index (χ4v) is 4.52. The van der Waals surface area contributed by atoms with Gasteiger partial charge in [-0.05, 0) is 36.1 Å². The van der Waals surface area contributed by atoms with Gasteiger partial charge in [0.25, 0.3) is 0 Å². The third kappa shape index (κ3) is 1.81. The molecule has 0 bridgehead atoms. The third-order valence-corrected chi connectivity index (χ3v) is 5.85. The number of hydrogen-bond donors (Lipinski definition) is 0. The molecule has 0 aliphatic heterocycles. The molecule has 106 valence electrons. The summed E-state index contributed by atoms with van der Waals surface area (Å²) in [5, 5.41) is 0.597. The topological polar surface area (TPSA) is 17.1 Å². The van der Waals surface area contributed by atoms with Crippen LogP contribution in [0.2, 0.25) is 5.02 Å². The summed E-state index contributed by atoms with van der Waals surface area (Å²) in [6, 6.07) is 15.6. The van der Waals surface area contributed by atoms with Gasteiger partial charge in [-0.2, -0.15) is 0 Å². The second-order valence-corrected chi connectivity index (χ2v) is 6.86. The molecule has 1 fully saturated rings. The summed E-state index contributed by atoms with van der Waals surface area (Å²) in [7, 11) is 0. The van der Waals surface area contributed by atoms with Crippen LogP contribution in [0.3, 0.4) is 0 Å². The Morgan fingerprint density at radius 2 is 1.76 bits per heavy atom. The molecular formula is C18H14Cl2O. The summed E-state index contributed by atoms with van der Waals surface area (Å²) in [5.74, 6) is 0.321. The van der Waals surface area contributed by atoms with Gasteiger partial charge in [0.1, 0.15) is 0 Å². The molecule has 2 aromatic carbocycles. The quantitative estimate of drug-likeness (QED) is 0.687. The average molecular weight is 317 g/mol. The van der Waals surface area contributed by atoms with Crippen LogP contribution in [0.25, 0.3) is 0 Å². The second-order valence-electron chi connectivity index (χ2n) is 5.96. The van der Waals surface area contributed by atoms with Crippen LogP contribution in [0.4, 0.5) is 0 Å². The highest BCUT2D eigenvalue weighted by Gasteiger charge is 2.69. The summed E-state index contributed by atoms with van der Waals surface area (Å²) >= 11 is 12.5. The lowest BCUT2D eigenvalue weighted by Gasteiger charge is -2.24. The van der Waals surface area contributed by atoms with Crippen LogP contribution in [0.5, 0.6) is 0 Å². The smallest absolute Gasteiger partial charge is 0.171 e. The molecule has 1 spiro atoms. The van der Waals surface area contributed by atoms with Crippen molar-refractivity contribution in [2.24, 2.45) is 5.41 Å². The Balaban J connectivity index is 1.74. The summed E-state index contributed by atoms with van der Waals surface area (Å²) in [6.07, 6.45) is 1.76. The standard InChI is InChI=1S/C18H14Cl2O/c19-13-7-5-12(6-8-13)15-16(20)18(15)10-9-11-3-1-2-4-14(11)17(18)21/h1-8,15-16H,9-10H2/t15-,16-,18+/m1/s1. The van der Waals surface area contributed by atoms with Gasteiger partial charge >= 0.3 is 0 Å². The highest BCUT2D eigenvalue weighted by Crippen LogP contribution is 2.67. The van der Waals surface area contributed by atoms with Gasteiger partial charge in [0, 0.05) is 16.5 Å². The van der Waals surface area contributed by atoms with Crippen molar-refractivity contribution in [2.45, 2.75) is 24.1 Å². The Bertz CT molecular complexity index is 722. The van der Waals surface area contributed by atoms with Crippen molar-refractivity contribution in [1.82, 2.24) is 0 Å². The minimum Gasteiger partial charge on any atom is -0.293 e. The average Bonchev–Trinajstić information content (AvgIpc) is 3.10. The van der Waals surface area contributed by atoms with Crippen molar-refractivity contribution in [3.8, 4) is 0 Å². The second kappa shape index (κ2) is 4.59. The maximum absolute atomic E-state index is 13.0. The fraction of sp³-hybridized carbons (Fsp3) is 0.278. The fourth-order valence-electron chi connectivity index (χ4n) is 3.76. The van der Waals surface area contributed by atoms with Crippen molar-refractivity contribution in [3.05, 3.63) is 70.2 Å². The zero-order chi connectivity index (χ0) is 14.6. The van der Waals surface area contributed by atoms with Crippen molar-refractivity contribution in [1.29, 1.82) is 0 Å². The third-order valence-electron chi connectivity index (χ3n) is 4.95. The van der Waals surface area contributed by atoms with Crippen LogP contribution in [0, 0.1) is 5.41 Å². The lowest BCUT2D eigenvalue weighted by molar-refractivity contribution is 0.0875. The maximum Gasteiger partial charge on any atom is 0.171 e. The van der Waals surface area contributed by atoms with E-state index in [0.717, 1.165) is 29.5 Å². The van der Waals surface area contributed by atoms with Crippen molar-refractivity contribution < 1.29 is 4.79 Å². The molecule has 3 atom stereocenters. The van der Waals surface area contributed by atoms with Crippen molar-refractivity contribution in [3.63, 3.8) is 0 Å². The predicted molar refractivity (Wildman–Crippen MR) is 85.4 cm³/mol. The molecule has 0 amide bonds. The first kappa shape index (κ1) is 13.4. The van der Waals surface area contributed by atoms with Crippen LogP contribution in [-0.4, -0.2) is 11.2 Å². The number of ketones is 1. The van der Waals surface area contributed by atoms with Gasteiger partial charge in [-0.1, -0.05) is 48.0 Å². The van der Waals surface area contributed by atoms with Gasteiger partial charge in [0.2, 0.25) is 0 Å². The number of carbonyl (C=O) groups excluding carboxylic acids is 1. The predicted octanol–water partition coefficient (Wildman–Crippen LogP) is 4.86. The first-order valence-electron chi connectivity index (χ1n) is 7.17. The minimum absolute atomic E-state index is 0.109. The minimum atomic E-state index is -0.413. The molecule has 0 N–H and O–H groups in total. The molecule has 0 unspecified atom stereocenters. The monoisotopic (exact) mass is 316 g/mol. The van der Waals surface area contributed by atoms with Gasteiger partial charge in [-0.25, -0.2) is 0 Å². The number of benzene rings is 2. The van der Waals surface area contributed by atoms with Crippen LogP contribution >= 0.6 is 23.2 Å². The Kier molecular flexibility index (Phi) is 2.92. The number of rotatable bonds is 1. The lowest BCUT2D eigenvalue weighted by Crippen LogP contribution is -2.27. The number of hydrogen-bond acceptors (Lipinski definition) is 1. The molecule has 1 nitrogen and oxygen atoms in total. The Morgan fingerprint density at radius 3 is 2.52 bits per heavy atom. The summed E-state index contributed by atoms with van der Waals surface area (Å²) in [4.78, 5) is 13.0. The number of halogens is 2. The number of carbonyl (C=O) groups is 1. The number of fused-ring (bicyclic) bond motifs is 1. The van der Waals surface area contributed by atoms with E-state index in [1.165, 1.54) is 0 Å². The zero-order valence-corrected chi connectivity index (χ0v) is 12.9. The van der Waals surface area contributed by atoms with Gasteiger partial charge in [-0.3, -0.25) is 4.79 Å². The molecule has 0 heterocycles. The maximum atomic E-state index is 13.0. The number of Topliss-reactive ketones (excluding diaryl/α,β-unsaturated/α-hetero) is 1. The normalized spacial score (nSPS) is 30.3. The summed E-state index contributed by atoms with van der Waals surface area (Å²) in [5.41, 5.74) is 2.71. The molecule has 21 heavy (non-hydrogen) atoms. The first-order valence-corrected chi connectivity index (χ1v) is 7.98. The number of aryl methyl sites for hydroxylation is 1. The van der Waals surface area contributed by atoms with Gasteiger partial charge < -0.3 is 0 Å². The van der Waals surface area contributed by atoms with E-state index >= 15 is 0 Å². The van der Waals surface area contributed by atoms with E-state index in [4.69, 9.17) is 23.2 Å². The summed E-state index contributed by atoms with van der Waals surface area (Å²) in [6.45, 7) is 0. The molecule has 4 rings (SSSR count). The van der Waals surface area contributed by atoms with Gasteiger partial charge in [-0.15, -0.1) is 11.6 Å². The highest BCUT2D eigenvalue weighted by atomic mass is 35.5. The van der Waals surface area contributed by atoms with Crippen LogP contribution in [0.15, 0.2) is 48.5 Å². The molecule has 0 saturated heterocycles. The van der Waals surface area contributed by atoms with Crippen molar-refractivity contribution >= 4 is 29.0 Å². The summed E-state index contributed by atoms with van der Waals surface area (Å²) < 4.78 is 0. The van der Waals surface area contributed by atoms with E-state index in [1.807, 2.05) is 48.5 Å². The van der Waals surface area contributed by atoms with E-state index in [0.29, 0.717) is 5.02 Å². The Morgan fingerprint density at radius 1 is 1.05 bits per heavy atom. The highest BCUT2D eigenvalue weighted by molar-refractivity contribution is 6.30. The molecule has 3 heteroatoms. The molecule has 2 aromatic rings. The zero-order valence-electron chi connectivity index (χ0n) is 11.4. The SMILES string of the molecule is O=C1c2ccccc2CC[C@]12[C@H](Cl)[C@H]2c1ccc(Cl)cc1. The number of alkyl halides is 1. The Hall–Kier alpha value is -1.31. The molecule has 0 radical (unpaired) electrons. The van der Waals surface area contributed by atoms with Crippen LogP contribution in [-0.2, 0) is 6.42 Å². The van der Waals surface area contributed by atoms with E-state index in [1.54, 1.807) is 0 Å². The molecule has 0 aromatic heterocycles. The van der Waals surface area contributed by atoms with Crippen molar-refractivity contribution in [2.75, 3.05) is 0 Å². The van der Waals surface area contributed by atoms with Crippen LogP contribution < -0.4 is 0 Å². The molecule has 1 saturated carbocycles.